The summed E-state index contributed by atoms with van der Waals surface area (Å²) < 4.78 is 11.3. The Morgan fingerprint density at radius 2 is 2.22 bits per heavy atom. The second-order valence-corrected chi connectivity index (χ2v) is 5.99. The Hall–Kier alpha value is -2.50. The van der Waals surface area contributed by atoms with Crippen molar-refractivity contribution < 1.29 is 18.7 Å². The third-order valence-electron chi connectivity index (χ3n) is 4.12. The molecule has 0 saturated carbocycles. The maximum atomic E-state index is 12.8. The number of ether oxygens (including phenoxy) is 1. The number of amides is 2. The molecule has 1 fully saturated rings. The summed E-state index contributed by atoms with van der Waals surface area (Å²) in [5.41, 5.74) is -0.353. The Morgan fingerprint density at radius 3 is 2.96 bits per heavy atom. The molecule has 1 N–H and O–H groups in total. The second-order valence-electron chi connectivity index (χ2n) is 5.99. The van der Waals surface area contributed by atoms with Crippen molar-refractivity contribution in [3.8, 4) is 5.75 Å². The van der Waals surface area contributed by atoms with Crippen LogP contribution in [-0.4, -0.2) is 41.9 Å². The number of furan rings is 1. The van der Waals surface area contributed by atoms with Crippen LogP contribution in [0.3, 0.4) is 0 Å². The Balaban J connectivity index is 1.98. The van der Waals surface area contributed by atoms with E-state index in [0.717, 1.165) is 5.39 Å². The summed E-state index contributed by atoms with van der Waals surface area (Å²) in [4.78, 5) is 26.4. The molecule has 1 aromatic heterocycles. The van der Waals surface area contributed by atoms with Gasteiger partial charge in [0.05, 0.1) is 6.61 Å². The predicted molar refractivity (Wildman–Crippen MR) is 85.5 cm³/mol. The van der Waals surface area contributed by atoms with Crippen molar-refractivity contribution in [2.75, 3.05) is 19.7 Å². The average Bonchev–Trinajstić information content (AvgIpc) is 2.95. The number of fused-ring (bicyclic) bond motifs is 1. The van der Waals surface area contributed by atoms with Gasteiger partial charge in [-0.1, -0.05) is 12.1 Å². The van der Waals surface area contributed by atoms with Crippen LogP contribution in [0.25, 0.3) is 11.0 Å². The minimum Gasteiger partial charge on any atom is -0.490 e. The normalized spacial score (nSPS) is 17.2. The molecule has 0 bridgehead atoms. The molecule has 0 atom stereocenters. The van der Waals surface area contributed by atoms with Crippen molar-refractivity contribution in [3.63, 3.8) is 0 Å². The topological polar surface area (TPSA) is 71.8 Å². The molecule has 1 saturated heterocycles. The zero-order valence-electron chi connectivity index (χ0n) is 13.5. The van der Waals surface area contributed by atoms with E-state index in [-0.39, 0.29) is 17.6 Å². The van der Waals surface area contributed by atoms with E-state index in [2.05, 4.69) is 5.32 Å². The van der Waals surface area contributed by atoms with Crippen LogP contribution in [0, 0.1) is 0 Å². The fraction of sp³-hybridized carbons (Fsp3) is 0.412. The van der Waals surface area contributed by atoms with Gasteiger partial charge in [-0.2, -0.15) is 0 Å². The Morgan fingerprint density at radius 1 is 1.43 bits per heavy atom. The van der Waals surface area contributed by atoms with E-state index in [1.165, 1.54) is 0 Å². The molecule has 122 valence electrons. The van der Waals surface area contributed by atoms with Gasteiger partial charge < -0.3 is 19.4 Å². The van der Waals surface area contributed by atoms with Gasteiger partial charge in [0.1, 0.15) is 5.54 Å². The van der Waals surface area contributed by atoms with Crippen molar-refractivity contribution in [2.45, 2.75) is 26.3 Å². The highest BCUT2D eigenvalue weighted by atomic mass is 16.5. The Bertz CT molecular complexity index is 763. The lowest BCUT2D eigenvalue weighted by atomic mass is 9.98. The summed E-state index contributed by atoms with van der Waals surface area (Å²) in [6.07, 6.45) is 0. The largest absolute Gasteiger partial charge is 0.490 e. The fourth-order valence-corrected chi connectivity index (χ4v) is 2.80. The summed E-state index contributed by atoms with van der Waals surface area (Å²) in [6.45, 7) is 6.76. The Labute approximate surface area is 134 Å². The van der Waals surface area contributed by atoms with E-state index in [0.29, 0.717) is 31.0 Å². The van der Waals surface area contributed by atoms with E-state index >= 15 is 0 Å². The fourth-order valence-electron chi connectivity index (χ4n) is 2.80. The molecule has 2 aromatic rings. The lowest BCUT2D eigenvalue weighted by molar-refractivity contribution is -0.133. The van der Waals surface area contributed by atoms with Crippen molar-refractivity contribution >= 4 is 22.8 Å². The SMILES string of the molecule is CCOc1cccc2cc(C(=O)N3CCNC(=O)C3(C)C)oc12. The van der Waals surface area contributed by atoms with Gasteiger partial charge in [0.25, 0.3) is 5.91 Å². The van der Waals surface area contributed by atoms with Crippen LogP contribution in [0.4, 0.5) is 0 Å². The van der Waals surface area contributed by atoms with Crippen LogP contribution < -0.4 is 10.1 Å². The summed E-state index contributed by atoms with van der Waals surface area (Å²) in [6, 6.07) is 7.23. The first-order chi connectivity index (χ1) is 10.9. The number of hydrogen-bond donors (Lipinski definition) is 1. The molecule has 0 aliphatic carbocycles. The molecule has 6 nitrogen and oxygen atoms in total. The monoisotopic (exact) mass is 316 g/mol. The molecular weight excluding hydrogens is 296 g/mol. The predicted octanol–water partition coefficient (Wildman–Crippen LogP) is 2.18. The van der Waals surface area contributed by atoms with Crippen LogP contribution in [0.5, 0.6) is 5.75 Å². The quantitative estimate of drug-likeness (QED) is 0.942. The van der Waals surface area contributed by atoms with Crippen LogP contribution >= 0.6 is 0 Å². The van der Waals surface area contributed by atoms with Crippen LogP contribution in [-0.2, 0) is 4.79 Å². The third kappa shape index (κ3) is 2.54. The van der Waals surface area contributed by atoms with Gasteiger partial charge in [0.2, 0.25) is 5.91 Å². The van der Waals surface area contributed by atoms with Gasteiger partial charge in [-0.25, -0.2) is 0 Å². The van der Waals surface area contributed by atoms with Crippen molar-refractivity contribution in [2.24, 2.45) is 0 Å². The first-order valence-corrected chi connectivity index (χ1v) is 7.70. The number of carbonyl (C=O) groups excluding carboxylic acids is 2. The van der Waals surface area contributed by atoms with E-state index in [1.54, 1.807) is 24.8 Å². The molecule has 2 heterocycles. The van der Waals surface area contributed by atoms with Crippen molar-refractivity contribution in [1.29, 1.82) is 0 Å². The molecule has 3 rings (SSSR count). The molecule has 1 aliphatic rings. The van der Waals surface area contributed by atoms with Gasteiger partial charge in [-0.15, -0.1) is 0 Å². The number of para-hydroxylation sites is 1. The van der Waals surface area contributed by atoms with E-state index in [9.17, 15) is 9.59 Å². The lowest BCUT2D eigenvalue weighted by Gasteiger charge is -2.40. The third-order valence-corrected chi connectivity index (χ3v) is 4.12. The van der Waals surface area contributed by atoms with Gasteiger partial charge in [-0.3, -0.25) is 9.59 Å². The summed E-state index contributed by atoms with van der Waals surface area (Å²) in [5.74, 6) is 0.376. The average molecular weight is 316 g/mol. The molecule has 6 heteroatoms. The highest BCUT2D eigenvalue weighted by molar-refractivity contribution is 6.01. The summed E-state index contributed by atoms with van der Waals surface area (Å²) in [7, 11) is 0. The smallest absolute Gasteiger partial charge is 0.290 e. The molecule has 0 radical (unpaired) electrons. The minimum atomic E-state index is -0.906. The van der Waals surface area contributed by atoms with Crippen molar-refractivity contribution in [3.05, 3.63) is 30.0 Å². The first-order valence-electron chi connectivity index (χ1n) is 7.70. The zero-order chi connectivity index (χ0) is 16.6. The number of benzene rings is 1. The van der Waals surface area contributed by atoms with Gasteiger partial charge >= 0.3 is 0 Å². The maximum absolute atomic E-state index is 12.8. The van der Waals surface area contributed by atoms with E-state index in [1.807, 2.05) is 25.1 Å². The summed E-state index contributed by atoms with van der Waals surface area (Å²) in [5, 5.41) is 3.58. The number of piperazine rings is 1. The zero-order valence-corrected chi connectivity index (χ0v) is 13.5. The van der Waals surface area contributed by atoms with Crippen molar-refractivity contribution in [1.82, 2.24) is 10.2 Å². The molecule has 23 heavy (non-hydrogen) atoms. The van der Waals surface area contributed by atoms with Crippen LogP contribution in [0.2, 0.25) is 0 Å². The van der Waals surface area contributed by atoms with Crippen LogP contribution in [0.15, 0.2) is 28.7 Å². The van der Waals surface area contributed by atoms with Gasteiger partial charge in [0, 0.05) is 18.5 Å². The molecule has 1 aliphatic heterocycles. The molecule has 2 amide bonds. The first kappa shape index (κ1) is 15.4. The lowest BCUT2D eigenvalue weighted by Crippen LogP contribution is -2.63. The molecular formula is C17H20N2O4. The number of hydrogen-bond acceptors (Lipinski definition) is 4. The number of nitrogens with one attached hydrogen (secondary N) is 1. The molecule has 0 spiro atoms. The standard InChI is InChI=1S/C17H20N2O4/c1-4-22-12-7-5-6-11-10-13(23-14(11)12)15(20)19-9-8-18-16(21)17(19,2)3/h5-7,10H,4,8-9H2,1-3H3,(H,18,21). The number of carbonyl (C=O) groups is 2. The Kier molecular flexibility index (Phi) is 3.75. The van der Waals surface area contributed by atoms with Gasteiger partial charge in [-0.05, 0) is 32.9 Å². The highest BCUT2D eigenvalue weighted by Gasteiger charge is 2.41. The number of rotatable bonds is 3. The van der Waals surface area contributed by atoms with Gasteiger partial charge in [0.15, 0.2) is 17.1 Å². The molecule has 1 aromatic carbocycles. The second kappa shape index (κ2) is 5.61. The van der Waals surface area contributed by atoms with E-state index < -0.39 is 5.54 Å². The molecule has 0 unspecified atom stereocenters. The minimum absolute atomic E-state index is 0.164. The van der Waals surface area contributed by atoms with Crippen LogP contribution in [0.1, 0.15) is 31.3 Å². The van der Waals surface area contributed by atoms with E-state index in [4.69, 9.17) is 9.15 Å². The highest BCUT2D eigenvalue weighted by Crippen LogP contribution is 2.30. The number of nitrogens with zero attached hydrogens (tertiary/aromatic N) is 1. The summed E-state index contributed by atoms with van der Waals surface area (Å²) >= 11 is 0. The maximum Gasteiger partial charge on any atom is 0.290 e.